The number of hydrazine groups is 1. The van der Waals surface area contributed by atoms with E-state index in [0.717, 1.165) is 19.6 Å². The number of ether oxygens (including phenoxy) is 1. The van der Waals surface area contributed by atoms with E-state index < -0.39 is 5.82 Å². The van der Waals surface area contributed by atoms with Crippen LogP contribution in [0.2, 0.25) is 0 Å². The van der Waals surface area contributed by atoms with Gasteiger partial charge in [-0.1, -0.05) is 12.1 Å². The molecule has 0 aliphatic carbocycles. The second kappa shape index (κ2) is 8.91. The molecule has 8 heteroatoms. The summed E-state index contributed by atoms with van der Waals surface area (Å²) < 4.78 is 19.2. The molecule has 1 heterocycles. The van der Waals surface area contributed by atoms with Crippen molar-refractivity contribution in [3.63, 3.8) is 0 Å². The summed E-state index contributed by atoms with van der Waals surface area (Å²) in [6, 6.07) is 6.18. The van der Waals surface area contributed by atoms with Gasteiger partial charge in [-0.25, -0.2) is 4.39 Å². The summed E-state index contributed by atoms with van der Waals surface area (Å²) in [5.41, 5.74) is 5.36. The van der Waals surface area contributed by atoms with Crippen molar-refractivity contribution < 1.29 is 18.8 Å². The molecule has 0 bridgehead atoms. The average Bonchev–Trinajstić information content (AvgIpc) is 2.52. The fourth-order valence-corrected chi connectivity index (χ4v) is 2.95. The first kappa shape index (κ1) is 18.6. The first-order valence-corrected chi connectivity index (χ1v) is 8.44. The van der Waals surface area contributed by atoms with Crippen molar-refractivity contribution in [2.45, 2.75) is 32.5 Å². The molecule has 1 aromatic rings. The Hall–Kier alpha value is -1.77. The Morgan fingerprint density at radius 1 is 1.29 bits per heavy atom. The monoisotopic (exact) mass is 355 g/mol. The predicted octanol–water partition coefficient (Wildman–Crippen LogP) is 0.226. The van der Waals surface area contributed by atoms with E-state index in [0.29, 0.717) is 6.42 Å². The van der Waals surface area contributed by atoms with Gasteiger partial charge in [-0.2, -0.15) is 0 Å². The number of para-hydroxylation sites is 1. The van der Waals surface area contributed by atoms with Crippen molar-refractivity contribution in [1.82, 2.24) is 10.9 Å². The van der Waals surface area contributed by atoms with Gasteiger partial charge in [-0.15, -0.1) is 0 Å². The molecule has 0 saturated carbocycles. The maximum absolute atomic E-state index is 13.5. The normalized spacial score (nSPS) is 23.4. The van der Waals surface area contributed by atoms with Gasteiger partial charge in [0, 0.05) is 0 Å². The molecule has 0 radical (unpaired) electrons. The van der Waals surface area contributed by atoms with Crippen LogP contribution in [0.5, 0.6) is 0 Å². The Morgan fingerprint density at radius 3 is 2.62 bits per heavy atom. The lowest BCUT2D eigenvalue weighted by molar-refractivity contribution is -0.914. The number of carbonyl (C=O) groups excluding carboxylic acids is 1. The maximum Gasteiger partial charge on any atom is 0.244 e. The van der Waals surface area contributed by atoms with Crippen LogP contribution >= 0.6 is 12.2 Å². The van der Waals surface area contributed by atoms with Crippen molar-refractivity contribution >= 4 is 28.9 Å². The summed E-state index contributed by atoms with van der Waals surface area (Å²) in [5, 5.41) is 2.83. The number of rotatable bonds is 4. The van der Waals surface area contributed by atoms with E-state index in [4.69, 9.17) is 17.0 Å². The highest BCUT2D eigenvalue weighted by atomic mass is 32.1. The lowest BCUT2D eigenvalue weighted by atomic mass is 10.2. The highest BCUT2D eigenvalue weighted by molar-refractivity contribution is 7.80. The molecule has 2 atom stereocenters. The summed E-state index contributed by atoms with van der Waals surface area (Å²) in [4.78, 5) is 13.2. The third kappa shape index (κ3) is 6.03. The highest BCUT2D eigenvalue weighted by Gasteiger charge is 2.25. The standard InChI is InChI=1S/C16H23FN4O2S/c1-11-9-21(10-12(2)23-11)8-7-15(22)19-20-16(24)18-14-6-4-3-5-13(14)17/h3-6,11-12H,7-10H2,1-2H3,(H,19,22)(H2,18,20,24)/p+1/t11-,12-/m1/s1. The first-order chi connectivity index (χ1) is 11.4. The van der Waals surface area contributed by atoms with Crippen LogP contribution in [0.15, 0.2) is 24.3 Å². The number of hydrogen-bond acceptors (Lipinski definition) is 3. The Morgan fingerprint density at radius 2 is 1.96 bits per heavy atom. The highest BCUT2D eigenvalue weighted by Crippen LogP contribution is 2.11. The second-order valence-electron chi connectivity index (χ2n) is 6.02. The summed E-state index contributed by atoms with van der Waals surface area (Å²) >= 11 is 5.03. The van der Waals surface area contributed by atoms with E-state index in [1.54, 1.807) is 18.2 Å². The van der Waals surface area contributed by atoms with E-state index in [2.05, 4.69) is 16.2 Å². The van der Waals surface area contributed by atoms with Gasteiger partial charge in [0.05, 0.1) is 18.7 Å². The Labute approximate surface area is 146 Å². The number of anilines is 1. The third-order valence-electron chi connectivity index (χ3n) is 3.76. The number of hydrogen-bond donors (Lipinski definition) is 4. The Balaban J connectivity index is 1.67. The minimum absolute atomic E-state index is 0.134. The minimum atomic E-state index is -0.410. The van der Waals surface area contributed by atoms with Crippen LogP contribution in [0.3, 0.4) is 0 Å². The molecule has 0 unspecified atom stereocenters. The van der Waals surface area contributed by atoms with Crippen molar-refractivity contribution in [1.29, 1.82) is 0 Å². The van der Waals surface area contributed by atoms with Gasteiger partial charge >= 0.3 is 0 Å². The number of quaternary nitrogens is 1. The van der Waals surface area contributed by atoms with Crippen molar-refractivity contribution in [2.24, 2.45) is 0 Å². The number of nitrogens with one attached hydrogen (secondary N) is 4. The number of morpholine rings is 1. The van der Waals surface area contributed by atoms with Crippen molar-refractivity contribution in [3.05, 3.63) is 30.1 Å². The average molecular weight is 355 g/mol. The number of thiocarbonyl (C=S) groups is 1. The second-order valence-corrected chi connectivity index (χ2v) is 6.43. The van der Waals surface area contributed by atoms with E-state index in [1.165, 1.54) is 11.0 Å². The van der Waals surface area contributed by atoms with Gasteiger partial charge in [0.1, 0.15) is 31.1 Å². The molecule has 1 saturated heterocycles. The molecule has 24 heavy (non-hydrogen) atoms. The molecule has 1 fully saturated rings. The van der Waals surface area contributed by atoms with Crippen LogP contribution in [0.4, 0.5) is 10.1 Å². The fourth-order valence-electron chi connectivity index (χ4n) is 2.79. The van der Waals surface area contributed by atoms with Crippen LogP contribution in [-0.4, -0.2) is 42.9 Å². The summed E-state index contributed by atoms with van der Waals surface area (Å²) in [5.74, 6) is -0.570. The van der Waals surface area contributed by atoms with Crippen molar-refractivity contribution in [3.8, 4) is 0 Å². The number of amides is 1. The lowest BCUT2D eigenvalue weighted by Crippen LogP contribution is -3.15. The summed E-state index contributed by atoms with van der Waals surface area (Å²) in [6.07, 6.45) is 0.800. The number of halogens is 1. The van der Waals surface area contributed by atoms with E-state index >= 15 is 0 Å². The van der Waals surface area contributed by atoms with Gasteiger partial charge in [0.15, 0.2) is 5.11 Å². The molecule has 1 amide bonds. The van der Waals surface area contributed by atoms with E-state index in [-0.39, 0.29) is 28.9 Å². The predicted molar refractivity (Wildman–Crippen MR) is 94.1 cm³/mol. The van der Waals surface area contributed by atoms with Gasteiger partial charge in [0.25, 0.3) is 0 Å². The van der Waals surface area contributed by atoms with Crippen LogP contribution in [0, 0.1) is 5.82 Å². The molecule has 6 nitrogen and oxygen atoms in total. The molecular weight excluding hydrogens is 331 g/mol. The zero-order chi connectivity index (χ0) is 17.5. The minimum Gasteiger partial charge on any atom is -0.364 e. The summed E-state index contributed by atoms with van der Waals surface area (Å²) in [7, 11) is 0. The summed E-state index contributed by atoms with van der Waals surface area (Å²) in [6.45, 7) is 6.63. The molecular formula is C16H24FN4O2S+. The number of benzene rings is 1. The number of carbonyl (C=O) groups is 1. The molecule has 1 aliphatic heterocycles. The quantitative estimate of drug-likeness (QED) is 0.460. The van der Waals surface area contributed by atoms with E-state index in [1.807, 2.05) is 13.8 Å². The molecule has 1 aromatic carbocycles. The molecule has 0 aromatic heterocycles. The van der Waals surface area contributed by atoms with Crippen LogP contribution in [-0.2, 0) is 9.53 Å². The third-order valence-corrected chi connectivity index (χ3v) is 3.96. The van der Waals surface area contributed by atoms with Crippen LogP contribution < -0.4 is 21.1 Å². The maximum atomic E-state index is 13.5. The fraction of sp³-hybridized carbons (Fsp3) is 0.500. The smallest absolute Gasteiger partial charge is 0.244 e. The Kier molecular flexibility index (Phi) is 6.89. The zero-order valence-electron chi connectivity index (χ0n) is 13.9. The first-order valence-electron chi connectivity index (χ1n) is 8.03. The van der Waals surface area contributed by atoms with Gasteiger partial charge in [0.2, 0.25) is 5.91 Å². The van der Waals surface area contributed by atoms with Crippen LogP contribution in [0.1, 0.15) is 20.3 Å². The largest absolute Gasteiger partial charge is 0.364 e. The molecule has 1 aliphatic rings. The molecule has 132 valence electrons. The van der Waals surface area contributed by atoms with E-state index in [9.17, 15) is 9.18 Å². The Bertz CT molecular complexity index is 577. The topological polar surface area (TPSA) is 66.8 Å². The molecule has 0 spiro atoms. The van der Waals surface area contributed by atoms with Crippen molar-refractivity contribution in [2.75, 3.05) is 25.0 Å². The van der Waals surface area contributed by atoms with Gasteiger partial charge in [-0.3, -0.25) is 15.6 Å². The SMILES string of the molecule is C[C@@H]1C[NH+](CCC(=O)NNC(=S)Nc2ccccc2F)C[C@@H](C)O1. The zero-order valence-corrected chi connectivity index (χ0v) is 14.7. The molecule has 4 N–H and O–H groups in total. The van der Waals surface area contributed by atoms with Gasteiger partial charge < -0.3 is 15.0 Å². The van der Waals surface area contributed by atoms with Crippen LogP contribution in [0.25, 0.3) is 0 Å². The lowest BCUT2D eigenvalue weighted by Gasteiger charge is -2.32. The van der Waals surface area contributed by atoms with Gasteiger partial charge in [-0.05, 0) is 38.2 Å². The molecule has 2 rings (SSSR count).